The van der Waals surface area contributed by atoms with Gasteiger partial charge in [-0.05, 0) is 50.5 Å². The Labute approximate surface area is 113 Å². The van der Waals surface area contributed by atoms with Crippen LogP contribution in [0.5, 0.6) is 0 Å². The lowest BCUT2D eigenvalue weighted by atomic mass is 9.93. The molecule has 0 amide bonds. The summed E-state index contributed by atoms with van der Waals surface area (Å²) in [5.74, 6) is -0.343. The third-order valence-corrected chi connectivity index (χ3v) is 3.31. The zero-order valence-electron chi connectivity index (χ0n) is 11.8. The minimum absolute atomic E-state index is 0.343. The van der Waals surface area contributed by atoms with Crippen LogP contribution in [-0.4, -0.2) is 5.11 Å². The van der Waals surface area contributed by atoms with Crippen molar-refractivity contribution in [1.82, 2.24) is 0 Å². The third-order valence-electron chi connectivity index (χ3n) is 3.31. The van der Waals surface area contributed by atoms with Gasteiger partial charge in [-0.2, -0.15) is 0 Å². The molecule has 1 unspecified atom stereocenters. The molecule has 1 atom stereocenters. The standard InChI is InChI=1S/C17H19FO/c1-10-5-11(2)8-14(7-10)17(19)16-13(4)6-12(3)9-15(16)18/h5-9,17,19H,1-4H3. The van der Waals surface area contributed by atoms with E-state index >= 15 is 0 Å². The fraction of sp³-hybridized carbons (Fsp3) is 0.294. The topological polar surface area (TPSA) is 20.2 Å². The van der Waals surface area contributed by atoms with Crippen LogP contribution in [0.4, 0.5) is 4.39 Å². The summed E-state index contributed by atoms with van der Waals surface area (Å²) < 4.78 is 14.1. The molecule has 0 heterocycles. The second-order valence-electron chi connectivity index (χ2n) is 5.30. The van der Waals surface area contributed by atoms with Gasteiger partial charge in [-0.25, -0.2) is 4.39 Å². The molecule has 2 aromatic carbocycles. The van der Waals surface area contributed by atoms with Crippen molar-refractivity contribution < 1.29 is 9.50 Å². The fourth-order valence-electron chi connectivity index (χ4n) is 2.61. The summed E-state index contributed by atoms with van der Waals surface area (Å²) >= 11 is 0. The van der Waals surface area contributed by atoms with Crippen LogP contribution in [0.2, 0.25) is 0 Å². The monoisotopic (exact) mass is 258 g/mol. The van der Waals surface area contributed by atoms with Gasteiger partial charge in [0.05, 0.1) is 0 Å². The van der Waals surface area contributed by atoms with Crippen molar-refractivity contribution in [2.45, 2.75) is 33.8 Å². The Hall–Kier alpha value is -1.67. The molecule has 19 heavy (non-hydrogen) atoms. The van der Waals surface area contributed by atoms with E-state index in [9.17, 15) is 9.50 Å². The minimum atomic E-state index is -0.917. The normalized spacial score (nSPS) is 12.5. The summed E-state index contributed by atoms with van der Waals surface area (Å²) in [7, 11) is 0. The number of benzene rings is 2. The molecule has 0 fully saturated rings. The first kappa shape index (κ1) is 13.8. The first-order valence-electron chi connectivity index (χ1n) is 6.41. The number of halogens is 1. The highest BCUT2D eigenvalue weighted by Crippen LogP contribution is 2.29. The number of aliphatic hydroxyl groups is 1. The van der Waals surface area contributed by atoms with Crippen LogP contribution in [0.15, 0.2) is 30.3 Å². The molecular weight excluding hydrogens is 239 g/mol. The van der Waals surface area contributed by atoms with E-state index in [1.165, 1.54) is 6.07 Å². The number of hydrogen-bond acceptors (Lipinski definition) is 1. The molecule has 0 saturated carbocycles. The second kappa shape index (κ2) is 5.14. The molecule has 0 aromatic heterocycles. The van der Waals surface area contributed by atoms with E-state index in [4.69, 9.17) is 0 Å². The summed E-state index contributed by atoms with van der Waals surface area (Å²) in [5.41, 5.74) is 4.90. The van der Waals surface area contributed by atoms with Crippen molar-refractivity contribution >= 4 is 0 Å². The van der Waals surface area contributed by atoms with Crippen LogP contribution in [0, 0.1) is 33.5 Å². The Balaban J connectivity index is 2.52. The molecule has 1 nitrogen and oxygen atoms in total. The van der Waals surface area contributed by atoms with E-state index in [-0.39, 0.29) is 5.82 Å². The fourth-order valence-corrected chi connectivity index (χ4v) is 2.61. The molecule has 0 aliphatic rings. The first-order chi connectivity index (χ1) is 8.88. The van der Waals surface area contributed by atoms with Crippen LogP contribution in [0.25, 0.3) is 0 Å². The van der Waals surface area contributed by atoms with E-state index in [2.05, 4.69) is 0 Å². The predicted octanol–water partition coefficient (Wildman–Crippen LogP) is 4.14. The van der Waals surface area contributed by atoms with Gasteiger partial charge in [0.15, 0.2) is 0 Å². The average molecular weight is 258 g/mol. The highest BCUT2D eigenvalue weighted by Gasteiger charge is 2.18. The maximum absolute atomic E-state index is 14.1. The Kier molecular flexibility index (Phi) is 3.72. The van der Waals surface area contributed by atoms with Gasteiger partial charge in [-0.15, -0.1) is 0 Å². The lowest BCUT2D eigenvalue weighted by Gasteiger charge is -2.17. The van der Waals surface area contributed by atoms with Gasteiger partial charge in [-0.3, -0.25) is 0 Å². The summed E-state index contributed by atoms with van der Waals surface area (Å²) in [6.07, 6.45) is -0.917. The Bertz CT molecular complexity index is 573. The predicted molar refractivity (Wildman–Crippen MR) is 75.9 cm³/mol. The van der Waals surface area contributed by atoms with Crippen LogP contribution < -0.4 is 0 Å². The van der Waals surface area contributed by atoms with Crippen LogP contribution in [0.3, 0.4) is 0 Å². The zero-order chi connectivity index (χ0) is 14.2. The van der Waals surface area contributed by atoms with Crippen LogP contribution in [-0.2, 0) is 0 Å². The zero-order valence-corrected chi connectivity index (χ0v) is 11.8. The van der Waals surface area contributed by atoms with E-state index in [1.54, 1.807) is 0 Å². The maximum atomic E-state index is 14.1. The highest BCUT2D eigenvalue weighted by atomic mass is 19.1. The van der Waals surface area contributed by atoms with E-state index in [1.807, 2.05) is 52.0 Å². The van der Waals surface area contributed by atoms with Gasteiger partial charge in [0.2, 0.25) is 0 Å². The number of rotatable bonds is 2. The summed E-state index contributed by atoms with van der Waals surface area (Å²) in [6.45, 7) is 7.63. The Morgan fingerprint density at radius 2 is 1.37 bits per heavy atom. The lowest BCUT2D eigenvalue weighted by Crippen LogP contribution is -2.06. The average Bonchev–Trinajstić information content (AvgIpc) is 2.25. The van der Waals surface area contributed by atoms with Gasteiger partial charge in [0.1, 0.15) is 11.9 Å². The summed E-state index contributed by atoms with van der Waals surface area (Å²) in [5, 5.41) is 10.5. The molecule has 0 spiro atoms. The maximum Gasteiger partial charge on any atom is 0.129 e. The van der Waals surface area contributed by atoms with Gasteiger partial charge in [0.25, 0.3) is 0 Å². The van der Waals surface area contributed by atoms with Crippen LogP contribution >= 0.6 is 0 Å². The van der Waals surface area contributed by atoms with Gasteiger partial charge >= 0.3 is 0 Å². The largest absolute Gasteiger partial charge is 0.384 e. The smallest absolute Gasteiger partial charge is 0.129 e. The molecule has 0 saturated heterocycles. The minimum Gasteiger partial charge on any atom is -0.384 e. The second-order valence-corrected chi connectivity index (χ2v) is 5.30. The van der Waals surface area contributed by atoms with Crippen molar-refractivity contribution in [3.05, 3.63) is 69.5 Å². The number of aliphatic hydroxyl groups excluding tert-OH is 1. The molecule has 0 bridgehead atoms. The quantitative estimate of drug-likeness (QED) is 0.858. The van der Waals surface area contributed by atoms with Crippen molar-refractivity contribution in [3.63, 3.8) is 0 Å². The lowest BCUT2D eigenvalue weighted by molar-refractivity contribution is 0.214. The molecule has 100 valence electrons. The molecule has 2 rings (SSSR count). The van der Waals surface area contributed by atoms with E-state index < -0.39 is 6.10 Å². The molecule has 2 heteroatoms. The van der Waals surface area contributed by atoms with Crippen molar-refractivity contribution in [3.8, 4) is 0 Å². The molecule has 0 aliphatic heterocycles. The number of hydrogen-bond donors (Lipinski definition) is 1. The summed E-state index contributed by atoms with van der Waals surface area (Å²) in [6, 6.07) is 9.19. The molecule has 0 aliphatic carbocycles. The van der Waals surface area contributed by atoms with E-state index in [0.717, 1.165) is 27.8 Å². The van der Waals surface area contributed by atoms with Crippen molar-refractivity contribution in [2.24, 2.45) is 0 Å². The van der Waals surface area contributed by atoms with Gasteiger partial charge in [-0.1, -0.05) is 35.4 Å². The van der Waals surface area contributed by atoms with Crippen molar-refractivity contribution in [2.75, 3.05) is 0 Å². The van der Waals surface area contributed by atoms with Crippen LogP contribution in [0.1, 0.15) is 39.5 Å². The first-order valence-corrected chi connectivity index (χ1v) is 6.41. The third kappa shape index (κ3) is 2.85. The molecule has 2 aromatic rings. The van der Waals surface area contributed by atoms with Crippen molar-refractivity contribution in [1.29, 1.82) is 0 Å². The summed E-state index contributed by atoms with van der Waals surface area (Å²) in [4.78, 5) is 0. The van der Waals surface area contributed by atoms with Gasteiger partial charge < -0.3 is 5.11 Å². The molecule has 1 N–H and O–H groups in total. The highest BCUT2D eigenvalue weighted by molar-refractivity contribution is 5.40. The Morgan fingerprint density at radius 3 is 1.89 bits per heavy atom. The van der Waals surface area contributed by atoms with E-state index in [0.29, 0.717) is 5.56 Å². The molecule has 0 radical (unpaired) electrons. The SMILES string of the molecule is Cc1cc(C)cc(C(O)c2c(C)cc(C)cc2F)c1. The molecular formula is C17H19FO. The van der Waals surface area contributed by atoms with Gasteiger partial charge in [0, 0.05) is 5.56 Å². The Morgan fingerprint density at radius 1 is 0.842 bits per heavy atom. The number of aryl methyl sites for hydroxylation is 4.